The van der Waals surface area contributed by atoms with Gasteiger partial charge in [0, 0.05) is 6.04 Å². The molecule has 17 heavy (non-hydrogen) atoms. The fourth-order valence-electron chi connectivity index (χ4n) is 1.94. The van der Waals surface area contributed by atoms with Crippen LogP contribution in [0.2, 0.25) is 0 Å². The van der Waals surface area contributed by atoms with Crippen LogP contribution in [-0.2, 0) is 0 Å². The van der Waals surface area contributed by atoms with Crippen molar-refractivity contribution in [2.75, 3.05) is 5.32 Å². The third-order valence-corrected chi connectivity index (χ3v) is 2.81. The fraction of sp³-hybridized carbons (Fsp3) is 0.250. The summed E-state index contributed by atoms with van der Waals surface area (Å²) in [5, 5.41) is 15.1. The Labute approximate surface area is 99.2 Å². The van der Waals surface area contributed by atoms with Crippen LogP contribution in [0.5, 0.6) is 0 Å². The number of nitrogens with zero attached hydrogens (tertiary/aromatic N) is 4. The van der Waals surface area contributed by atoms with E-state index < -0.39 is 0 Å². The maximum absolute atomic E-state index is 4.02. The maximum Gasteiger partial charge on any atom is 0.247 e. The Kier molecular flexibility index (Phi) is 2.57. The second-order valence-corrected chi connectivity index (χ2v) is 4.03. The number of anilines is 1. The number of para-hydroxylation sites is 1. The molecule has 86 valence electrons. The van der Waals surface area contributed by atoms with E-state index in [2.05, 4.69) is 33.0 Å². The Morgan fingerprint density at radius 2 is 1.88 bits per heavy atom. The summed E-state index contributed by atoms with van der Waals surface area (Å²) in [7, 11) is 0. The molecule has 1 aliphatic rings. The summed E-state index contributed by atoms with van der Waals surface area (Å²) in [5.41, 5.74) is 0.964. The summed E-state index contributed by atoms with van der Waals surface area (Å²) in [6.07, 6.45) is 6.41. The van der Waals surface area contributed by atoms with E-state index in [1.165, 1.54) is 0 Å². The largest absolute Gasteiger partial charge is 0.349 e. The van der Waals surface area contributed by atoms with Crippen molar-refractivity contribution in [3.63, 3.8) is 0 Å². The van der Waals surface area contributed by atoms with Gasteiger partial charge in [0.1, 0.15) is 0 Å². The Balaban J connectivity index is 1.84. The van der Waals surface area contributed by atoms with Crippen LogP contribution in [0.4, 0.5) is 5.95 Å². The molecule has 0 saturated carbocycles. The van der Waals surface area contributed by atoms with Crippen molar-refractivity contribution in [2.45, 2.75) is 18.9 Å². The minimum Gasteiger partial charge on any atom is -0.349 e. The summed E-state index contributed by atoms with van der Waals surface area (Å²) in [6, 6.07) is 10.3. The molecule has 0 aliphatic heterocycles. The van der Waals surface area contributed by atoms with E-state index in [0.717, 1.165) is 18.5 Å². The second-order valence-electron chi connectivity index (χ2n) is 4.03. The number of benzene rings is 1. The molecule has 3 rings (SSSR count). The summed E-state index contributed by atoms with van der Waals surface area (Å²) < 4.78 is 1.72. The van der Waals surface area contributed by atoms with Crippen LogP contribution in [0.15, 0.2) is 42.5 Å². The zero-order valence-electron chi connectivity index (χ0n) is 9.32. The zero-order chi connectivity index (χ0) is 11.5. The molecule has 0 amide bonds. The van der Waals surface area contributed by atoms with Crippen LogP contribution in [0.1, 0.15) is 12.8 Å². The lowest BCUT2D eigenvalue weighted by molar-refractivity contribution is 0.752. The van der Waals surface area contributed by atoms with Gasteiger partial charge in [0.2, 0.25) is 5.95 Å². The average molecular weight is 227 g/mol. The molecule has 0 fully saturated rings. The highest BCUT2D eigenvalue weighted by Gasteiger charge is 2.14. The molecule has 0 bridgehead atoms. The molecule has 0 radical (unpaired) electrons. The summed E-state index contributed by atoms with van der Waals surface area (Å²) >= 11 is 0. The third kappa shape index (κ3) is 2.04. The molecule has 2 aromatic rings. The Hall–Kier alpha value is -2.17. The SMILES string of the molecule is C1=CCC(Nc2nnnn2-c2ccccc2)C1. The quantitative estimate of drug-likeness (QED) is 0.812. The lowest BCUT2D eigenvalue weighted by atomic mass is 10.2. The number of aromatic nitrogens is 4. The Morgan fingerprint density at radius 1 is 1.12 bits per heavy atom. The molecule has 0 atom stereocenters. The number of hydrogen-bond donors (Lipinski definition) is 1. The molecular formula is C12H13N5. The van der Waals surface area contributed by atoms with Gasteiger partial charge in [0.15, 0.2) is 0 Å². The van der Waals surface area contributed by atoms with Gasteiger partial charge in [0.05, 0.1) is 5.69 Å². The van der Waals surface area contributed by atoms with E-state index in [0.29, 0.717) is 12.0 Å². The number of tetrazole rings is 1. The van der Waals surface area contributed by atoms with Crippen LogP contribution in [0, 0.1) is 0 Å². The highest BCUT2D eigenvalue weighted by molar-refractivity contribution is 5.39. The molecular weight excluding hydrogens is 214 g/mol. The summed E-state index contributed by atoms with van der Waals surface area (Å²) in [5.74, 6) is 0.699. The van der Waals surface area contributed by atoms with E-state index in [1.807, 2.05) is 30.3 Å². The first kappa shape index (κ1) is 10.0. The van der Waals surface area contributed by atoms with Gasteiger partial charge in [-0.25, -0.2) is 0 Å². The third-order valence-electron chi connectivity index (χ3n) is 2.81. The van der Waals surface area contributed by atoms with E-state index >= 15 is 0 Å². The topological polar surface area (TPSA) is 55.6 Å². The van der Waals surface area contributed by atoms with E-state index in [9.17, 15) is 0 Å². The van der Waals surface area contributed by atoms with Crippen LogP contribution in [0.25, 0.3) is 5.69 Å². The smallest absolute Gasteiger partial charge is 0.247 e. The first-order valence-electron chi connectivity index (χ1n) is 5.69. The lowest BCUT2D eigenvalue weighted by Crippen LogP contribution is -2.18. The Morgan fingerprint density at radius 3 is 2.65 bits per heavy atom. The van der Waals surface area contributed by atoms with Gasteiger partial charge >= 0.3 is 0 Å². The molecule has 0 unspecified atom stereocenters. The maximum atomic E-state index is 4.02. The molecule has 1 aromatic carbocycles. The van der Waals surface area contributed by atoms with Crippen molar-refractivity contribution in [1.29, 1.82) is 0 Å². The van der Waals surface area contributed by atoms with Crippen molar-refractivity contribution in [2.24, 2.45) is 0 Å². The molecule has 5 heteroatoms. The van der Waals surface area contributed by atoms with Crippen LogP contribution < -0.4 is 5.32 Å². The molecule has 0 saturated heterocycles. The first-order valence-corrected chi connectivity index (χ1v) is 5.69. The van der Waals surface area contributed by atoms with Crippen molar-refractivity contribution >= 4 is 5.95 Å². The standard InChI is InChI=1S/C12H13N5/c1-2-8-11(9-3-1)17-12(14-15-16-17)13-10-6-4-5-7-10/h1-5,8-10H,6-7H2,(H,13,14,16). The molecule has 1 N–H and O–H groups in total. The lowest BCUT2D eigenvalue weighted by Gasteiger charge is -2.12. The monoisotopic (exact) mass is 227 g/mol. The van der Waals surface area contributed by atoms with E-state index in [4.69, 9.17) is 0 Å². The van der Waals surface area contributed by atoms with Gasteiger partial charge in [0.25, 0.3) is 0 Å². The molecule has 1 aliphatic carbocycles. The second kappa shape index (κ2) is 4.37. The van der Waals surface area contributed by atoms with Gasteiger partial charge in [-0.3, -0.25) is 0 Å². The highest BCUT2D eigenvalue weighted by atomic mass is 15.6. The van der Waals surface area contributed by atoms with Gasteiger partial charge < -0.3 is 5.32 Å². The van der Waals surface area contributed by atoms with Gasteiger partial charge in [-0.05, 0) is 35.4 Å². The van der Waals surface area contributed by atoms with E-state index in [-0.39, 0.29) is 0 Å². The minimum atomic E-state index is 0.406. The highest BCUT2D eigenvalue weighted by Crippen LogP contribution is 2.16. The van der Waals surface area contributed by atoms with Crippen molar-refractivity contribution < 1.29 is 0 Å². The van der Waals surface area contributed by atoms with Crippen molar-refractivity contribution in [3.8, 4) is 5.69 Å². The average Bonchev–Trinajstić information content (AvgIpc) is 3.02. The number of nitrogens with one attached hydrogen (secondary N) is 1. The summed E-state index contributed by atoms with van der Waals surface area (Å²) in [6.45, 7) is 0. The first-order chi connectivity index (χ1) is 8.43. The molecule has 1 aromatic heterocycles. The van der Waals surface area contributed by atoms with Gasteiger partial charge in [-0.15, -0.1) is 0 Å². The predicted molar refractivity (Wildman–Crippen MR) is 64.9 cm³/mol. The van der Waals surface area contributed by atoms with Crippen LogP contribution in [-0.4, -0.2) is 26.2 Å². The summed E-state index contributed by atoms with van der Waals surface area (Å²) in [4.78, 5) is 0. The van der Waals surface area contributed by atoms with Gasteiger partial charge in [-0.2, -0.15) is 4.68 Å². The number of rotatable bonds is 3. The number of hydrogen-bond acceptors (Lipinski definition) is 4. The van der Waals surface area contributed by atoms with Crippen molar-refractivity contribution in [3.05, 3.63) is 42.5 Å². The molecule has 5 nitrogen and oxygen atoms in total. The predicted octanol–water partition coefficient (Wildman–Crippen LogP) is 1.79. The van der Waals surface area contributed by atoms with E-state index in [1.54, 1.807) is 4.68 Å². The molecule has 1 heterocycles. The minimum absolute atomic E-state index is 0.406. The zero-order valence-corrected chi connectivity index (χ0v) is 9.32. The molecule has 0 spiro atoms. The Bertz CT molecular complexity index is 509. The fourth-order valence-corrected chi connectivity index (χ4v) is 1.94. The van der Waals surface area contributed by atoms with Gasteiger partial charge in [-0.1, -0.05) is 35.4 Å². The van der Waals surface area contributed by atoms with Crippen molar-refractivity contribution in [1.82, 2.24) is 20.2 Å². The van der Waals surface area contributed by atoms with Crippen LogP contribution in [0.3, 0.4) is 0 Å². The van der Waals surface area contributed by atoms with Crippen LogP contribution >= 0.6 is 0 Å². The normalized spacial score (nSPS) is 15.3.